The number of nitro groups is 1. The van der Waals surface area contributed by atoms with E-state index in [0.29, 0.717) is 0 Å². The van der Waals surface area contributed by atoms with Crippen molar-refractivity contribution in [2.45, 2.75) is 18.4 Å². The molecule has 0 atom stereocenters. The van der Waals surface area contributed by atoms with E-state index in [9.17, 15) is 28.1 Å². The van der Waals surface area contributed by atoms with E-state index < -0.39 is 26.2 Å². The van der Waals surface area contributed by atoms with Crippen LogP contribution >= 0.6 is 11.8 Å². The Labute approximate surface area is 205 Å². The summed E-state index contributed by atoms with van der Waals surface area (Å²) < 4.78 is 30.7. The number of hydrogen-bond acceptors (Lipinski definition) is 8. The van der Waals surface area contributed by atoms with Crippen LogP contribution in [-0.2, 0) is 21.5 Å². The number of non-ortho nitro benzene ring substituents is 1. The maximum Gasteiger partial charge on any atom is 0.339 e. The third kappa shape index (κ3) is 5.42. The molecule has 1 fully saturated rings. The van der Waals surface area contributed by atoms with Crippen LogP contribution in [0.3, 0.4) is 0 Å². The van der Waals surface area contributed by atoms with Gasteiger partial charge in [0, 0.05) is 17.7 Å². The summed E-state index contributed by atoms with van der Waals surface area (Å²) in [5, 5.41) is 10.4. The molecule has 1 aliphatic rings. The average Bonchev–Trinajstić information content (AvgIpc) is 3.09. The van der Waals surface area contributed by atoms with Gasteiger partial charge < -0.3 is 4.18 Å². The van der Waals surface area contributed by atoms with E-state index in [-0.39, 0.29) is 33.3 Å². The van der Waals surface area contributed by atoms with Gasteiger partial charge in [-0.15, -0.1) is 0 Å². The number of aryl methyl sites for hydroxylation is 1. The lowest BCUT2D eigenvalue weighted by atomic mass is 10.1. The van der Waals surface area contributed by atoms with Crippen molar-refractivity contribution in [3.05, 3.63) is 105 Å². The fraction of sp³-hybridized carbons (Fsp3) is 0.0833. The Balaban J connectivity index is 1.57. The largest absolute Gasteiger partial charge is 0.378 e. The highest BCUT2D eigenvalue weighted by Crippen LogP contribution is 2.35. The smallest absolute Gasteiger partial charge is 0.339 e. The highest BCUT2D eigenvalue weighted by Gasteiger charge is 2.35. The van der Waals surface area contributed by atoms with E-state index in [0.717, 1.165) is 52.1 Å². The molecule has 1 aliphatic heterocycles. The number of amides is 2. The quantitative estimate of drug-likeness (QED) is 0.190. The summed E-state index contributed by atoms with van der Waals surface area (Å²) in [5.74, 6) is -0.551. The molecule has 35 heavy (non-hydrogen) atoms. The number of benzene rings is 3. The summed E-state index contributed by atoms with van der Waals surface area (Å²) in [6.45, 7) is 2.06. The fourth-order valence-electron chi connectivity index (χ4n) is 3.23. The first-order valence-corrected chi connectivity index (χ1v) is 12.5. The zero-order valence-electron chi connectivity index (χ0n) is 18.3. The summed E-state index contributed by atoms with van der Waals surface area (Å²) in [7, 11) is -4.31. The highest BCUT2D eigenvalue weighted by molar-refractivity contribution is 8.18. The van der Waals surface area contributed by atoms with Gasteiger partial charge in [0.15, 0.2) is 0 Å². The van der Waals surface area contributed by atoms with Crippen molar-refractivity contribution in [3.8, 4) is 5.75 Å². The normalized spacial score (nSPS) is 15.0. The average molecular weight is 511 g/mol. The molecule has 0 radical (unpaired) electrons. The van der Waals surface area contributed by atoms with Gasteiger partial charge in [-0.1, -0.05) is 48.0 Å². The van der Waals surface area contributed by atoms with E-state index in [2.05, 4.69) is 0 Å². The molecule has 11 heteroatoms. The van der Waals surface area contributed by atoms with Crippen LogP contribution in [0, 0.1) is 17.0 Å². The molecule has 0 unspecified atom stereocenters. The first kappa shape index (κ1) is 24.2. The van der Waals surface area contributed by atoms with Crippen LogP contribution in [-0.4, -0.2) is 29.4 Å². The lowest BCUT2D eigenvalue weighted by molar-refractivity contribution is -0.384. The van der Waals surface area contributed by atoms with Gasteiger partial charge >= 0.3 is 10.1 Å². The molecule has 1 heterocycles. The summed E-state index contributed by atoms with van der Waals surface area (Å²) in [6, 6.07) is 17.9. The molecule has 0 bridgehead atoms. The number of imide groups is 1. The number of hydrogen-bond donors (Lipinski definition) is 0. The van der Waals surface area contributed by atoms with Crippen LogP contribution in [0.2, 0.25) is 0 Å². The maximum atomic E-state index is 12.9. The molecular formula is C24H18N2O7S2. The molecule has 0 aliphatic carbocycles. The minimum absolute atomic E-state index is 0.0591. The summed E-state index contributed by atoms with van der Waals surface area (Å²) in [5.41, 5.74) is 1.88. The molecule has 0 N–H and O–H groups in total. The number of nitro benzene ring substituents is 1. The zero-order chi connectivity index (χ0) is 25.2. The Morgan fingerprint density at radius 1 is 1.00 bits per heavy atom. The number of carbonyl (C=O) groups is 2. The van der Waals surface area contributed by atoms with Crippen molar-refractivity contribution in [2.75, 3.05) is 0 Å². The standard InChI is InChI=1S/C24H18N2O7S2/c1-16-6-8-17(9-7-16)15-25-23(27)22(34-24(25)28)14-18-4-2-3-5-21(18)33-35(31,32)20-12-10-19(11-13-20)26(29)30/h2-14H,15H2,1H3/b22-14-. The summed E-state index contributed by atoms with van der Waals surface area (Å²) in [4.78, 5) is 36.5. The minimum atomic E-state index is -4.31. The molecule has 178 valence electrons. The van der Waals surface area contributed by atoms with Crippen molar-refractivity contribution < 1.29 is 27.1 Å². The molecule has 0 aromatic heterocycles. The van der Waals surface area contributed by atoms with Gasteiger partial charge in [0.2, 0.25) is 0 Å². The Morgan fingerprint density at radius 2 is 1.66 bits per heavy atom. The Hall–Kier alpha value is -3.96. The molecule has 3 aromatic rings. The predicted molar refractivity (Wildman–Crippen MR) is 130 cm³/mol. The predicted octanol–water partition coefficient (Wildman–Crippen LogP) is 4.91. The van der Waals surface area contributed by atoms with Crippen LogP contribution in [0.4, 0.5) is 10.5 Å². The van der Waals surface area contributed by atoms with Crippen molar-refractivity contribution in [1.82, 2.24) is 4.90 Å². The lowest BCUT2D eigenvalue weighted by Crippen LogP contribution is -2.27. The maximum absolute atomic E-state index is 12.9. The Bertz CT molecular complexity index is 1450. The highest BCUT2D eigenvalue weighted by atomic mass is 32.2. The van der Waals surface area contributed by atoms with Gasteiger partial charge in [-0.25, -0.2) is 0 Å². The van der Waals surface area contributed by atoms with Crippen molar-refractivity contribution in [1.29, 1.82) is 0 Å². The third-order valence-corrected chi connectivity index (χ3v) is 7.23. The molecule has 0 spiro atoms. The zero-order valence-corrected chi connectivity index (χ0v) is 19.9. The second-order valence-corrected chi connectivity index (χ2v) is 10.1. The van der Waals surface area contributed by atoms with Gasteiger partial charge in [0.25, 0.3) is 16.8 Å². The van der Waals surface area contributed by atoms with E-state index in [1.807, 2.05) is 31.2 Å². The van der Waals surface area contributed by atoms with Crippen LogP contribution in [0.5, 0.6) is 5.75 Å². The van der Waals surface area contributed by atoms with Gasteiger partial charge in [0.05, 0.1) is 16.4 Å². The minimum Gasteiger partial charge on any atom is -0.378 e. The second-order valence-electron chi connectivity index (χ2n) is 7.58. The molecule has 3 aromatic carbocycles. The van der Waals surface area contributed by atoms with Gasteiger partial charge in [0.1, 0.15) is 10.6 Å². The summed E-state index contributed by atoms with van der Waals surface area (Å²) >= 11 is 0.756. The first-order chi connectivity index (χ1) is 16.6. The van der Waals surface area contributed by atoms with Crippen LogP contribution in [0.15, 0.2) is 82.6 Å². The summed E-state index contributed by atoms with van der Waals surface area (Å²) in [6.07, 6.45) is 1.40. The monoisotopic (exact) mass is 510 g/mol. The van der Waals surface area contributed by atoms with Crippen molar-refractivity contribution in [3.63, 3.8) is 0 Å². The number of rotatable bonds is 7. The second kappa shape index (κ2) is 9.72. The van der Waals surface area contributed by atoms with Crippen molar-refractivity contribution in [2.24, 2.45) is 0 Å². The SMILES string of the molecule is Cc1ccc(CN2C(=O)S/C(=C\c3ccccc3OS(=O)(=O)c3ccc([N+](=O)[O-])cc3)C2=O)cc1. The Morgan fingerprint density at radius 3 is 2.31 bits per heavy atom. The van der Waals surface area contributed by atoms with E-state index >= 15 is 0 Å². The topological polar surface area (TPSA) is 124 Å². The molecule has 4 rings (SSSR count). The molecular weight excluding hydrogens is 492 g/mol. The van der Waals surface area contributed by atoms with E-state index in [1.165, 1.54) is 12.1 Å². The Kier molecular flexibility index (Phi) is 6.72. The molecule has 1 saturated heterocycles. The number of nitrogens with zero attached hydrogens (tertiary/aromatic N) is 2. The number of carbonyl (C=O) groups excluding carboxylic acids is 2. The van der Waals surface area contributed by atoms with Gasteiger partial charge in [-0.3, -0.25) is 24.6 Å². The molecule has 0 saturated carbocycles. The lowest BCUT2D eigenvalue weighted by Gasteiger charge is -2.12. The van der Waals surface area contributed by atoms with E-state index in [4.69, 9.17) is 4.18 Å². The number of para-hydroxylation sites is 1. The van der Waals surface area contributed by atoms with Crippen LogP contribution in [0.25, 0.3) is 6.08 Å². The molecule has 9 nitrogen and oxygen atoms in total. The van der Waals surface area contributed by atoms with Gasteiger partial charge in [-0.05, 0) is 48.5 Å². The van der Waals surface area contributed by atoms with Crippen molar-refractivity contribution >= 4 is 44.8 Å². The third-order valence-electron chi connectivity index (χ3n) is 5.08. The number of thioether (sulfide) groups is 1. The molecule has 2 amide bonds. The van der Waals surface area contributed by atoms with Crippen LogP contribution in [0.1, 0.15) is 16.7 Å². The first-order valence-electron chi connectivity index (χ1n) is 10.2. The van der Waals surface area contributed by atoms with Gasteiger partial charge in [-0.2, -0.15) is 8.42 Å². The van der Waals surface area contributed by atoms with E-state index in [1.54, 1.807) is 18.2 Å². The van der Waals surface area contributed by atoms with Crippen LogP contribution < -0.4 is 4.18 Å². The fourth-order valence-corrected chi connectivity index (χ4v) is 5.01.